The van der Waals surface area contributed by atoms with Crippen molar-refractivity contribution in [3.63, 3.8) is 0 Å². The summed E-state index contributed by atoms with van der Waals surface area (Å²) in [6.07, 6.45) is 3.61. The van der Waals surface area contributed by atoms with Crippen LogP contribution in [-0.2, 0) is 19.9 Å². The van der Waals surface area contributed by atoms with Gasteiger partial charge in [0.15, 0.2) is 14.9 Å². The van der Waals surface area contributed by atoms with Gasteiger partial charge in [-0.05, 0) is 12.8 Å². The van der Waals surface area contributed by atoms with Crippen LogP contribution in [0.3, 0.4) is 0 Å². The number of hydrogen-bond acceptors (Lipinski definition) is 4. The molecule has 0 spiro atoms. The van der Waals surface area contributed by atoms with Crippen LogP contribution in [0.2, 0.25) is 0 Å². The van der Waals surface area contributed by atoms with E-state index in [9.17, 15) is 16.8 Å². The molecular formula is C8H16BrNO4S2. The van der Waals surface area contributed by atoms with Crippen molar-refractivity contribution in [2.75, 3.05) is 23.2 Å². The molecule has 5 nitrogen and oxygen atoms in total. The molecule has 0 aromatic rings. The summed E-state index contributed by atoms with van der Waals surface area (Å²) >= 11 is 3.19. The van der Waals surface area contributed by atoms with Crippen LogP contribution in [0.5, 0.6) is 0 Å². The predicted octanol–water partition coefficient (Wildman–Crippen LogP) is 0.568. The van der Waals surface area contributed by atoms with Gasteiger partial charge in [0, 0.05) is 24.2 Å². The molecule has 16 heavy (non-hydrogen) atoms. The number of rotatable bonds is 6. The van der Waals surface area contributed by atoms with Gasteiger partial charge in [0.2, 0.25) is 10.0 Å². The lowest BCUT2D eigenvalue weighted by Crippen LogP contribution is -2.46. The van der Waals surface area contributed by atoms with E-state index in [1.165, 1.54) is 4.31 Å². The van der Waals surface area contributed by atoms with Crippen LogP contribution in [0.15, 0.2) is 0 Å². The summed E-state index contributed by atoms with van der Waals surface area (Å²) < 4.78 is 47.3. The maximum Gasteiger partial charge on any atom is 0.228 e. The van der Waals surface area contributed by atoms with Crippen LogP contribution in [0.25, 0.3) is 0 Å². The van der Waals surface area contributed by atoms with E-state index in [1.807, 2.05) is 0 Å². The van der Waals surface area contributed by atoms with Crippen molar-refractivity contribution in [1.82, 2.24) is 4.31 Å². The van der Waals surface area contributed by atoms with Gasteiger partial charge in [0.05, 0.1) is 0 Å². The number of hydrogen-bond donors (Lipinski definition) is 0. The molecule has 1 saturated carbocycles. The van der Waals surface area contributed by atoms with Gasteiger partial charge in [0.1, 0.15) is 0 Å². The van der Waals surface area contributed by atoms with Crippen LogP contribution >= 0.6 is 15.9 Å². The van der Waals surface area contributed by atoms with Crippen molar-refractivity contribution >= 4 is 35.8 Å². The van der Waals surface area contributed by atoms with Crippen molar-refractivity contribution in [3.8, 4) is 0 Å². The SMILES string of the molecule is CS(=O)(=O)CS(=O)(=O)N(CCBr)C1CCC1. The van der Waals surface area contributed by atoms with Gasteiger partial charge >= 0.3 is 0 Å². The molecule has 1 rings (SSSR count). The van der Waals surface area contributed by atoms with E-state index in [2.05, 4.69) is 15.9 Å². The van der Waals surface area contributed by atoms with E-state index in [0.717, 1.165) is 25.5 Å². The Hall–Kier alpha value is 0.340. The maximum atomic E-state index is 11.9. The van der Waals surface area contributed by atoms with Crippen molar-refractivity contribution in [2.24, 2.45) is 0 Å². The smallest absolute Gasteiger partial charge is 0.228 e. The van der Waals surface area contributed by atoms with Crippen molar-refractivity contribution in [3.05, 3.63) is 0 Å². The maximum absolute atomic E-state index is 11.9. The molecular weight excluding hydrogens is 318 g/mol. The first-order chi connectivity index (χ1) is 7.26. The second kappa shape index (κ2) is 5.32. The summed E-state index contributed by atoms with van der Waals surface area (Å²) in [4.78, 5) is 0. The molecule has 0 radical (unpaired) electrons. The van der Waals surface area contributed by atoms with Crippen LogP contribution in [0.4, 0.5) is 0 Å². The molecule has 0 N–H and O–H groups in total. The van der Waals surface area contributed by atoms with Gasteiger partial charge in [-0.25, -0.2) is 16.8 Å². The predicted molar refractivity (Wildman–Crippen MR) is 66.8 cm³/mol. The zero-order chi connectivity index (χ0) is 12.4. The molecule has 0 bridgehead atoms. The fourth-order valence-electron chi connectivity index (χ4n) is 1.64. The van der Waals surface area contributed by atoms with Crippen LogP contribution in [0, 0.1) is 0 Å². The zero-order valence-corrected chi connectivity index (χ0v) is 12.3. The summed E-state index contributed by atoms with van der Waals surface area (Å²) in [5.74, 6) is 0. The third kappa shape index (κ3) is 3.97. The summed E-state index contributed by atoms with van der Waals surface area (Å²) in [5, 5.41) is -0.268. The molecule has 96 valence electrons. The minimum atomic E-state index is -3.69. The van der Waals surface area contributed by atoms with Gasteiger partial charge in [-0.3, -0.25) is 0 Å². The number of halogens is 1. The van der Waals surface area contributed by atoms with Gasteiger partial charge in [0.25, 0.3) is 0 Å². The first kappa shape index (κ1) is 14.4. The molecule has 0 aromatic heterocycles. The fourth-order valence-corrected chi connectivity index (χ4v) is 6.00. The van der Waals surface area contributed by atoms with E-state index in [4.69, 9.17) is 0 Å². The van der Waals surface area contributed by atoms with Crippen molar-refractivity contribution < 1.29 is 16.8 Å². The van der Waals surface area contributed by atoms with Gasteiger partial charge in [-0.15, -0.1) is 0 Å². The fraction of sp³-hybridized carbons (Fsp3) is 1.00. The highest BCUT2D eigenvalue weighted by Crippen LogP contribution is 2.27. The van der Waals surface area contributed by atoms with Gasteiger partial charge in [-0.2, -0.15) is 4.31 Å². The Morgan fingerprint density at radius 1 is 1.25 bits per heavy atom. The molecule has 8 heteroatoms. The van der Waals surface area contributed by atoms with Gasteiger partial charge < -0.3 is 0 Å². The number of nitrogens with zero attached hydrogens (tertiary/aromatic N) is 1. The van der Waals surface area contributed by atoms with E-state index in [1.54, 1.807) is 0 Å². The Balaban J connectivity index is 2.83. The summed E-state index contributed by atoms with van der Waals surface area (Å²) in [5.41, 5.74) is 0. The first-order valence-corrected chi connectivity index (χ1v) is 9.78. The third-order valence-electron chi connectivity index (χ3n) is 2.51. The summed E-state index contributed by atoms with van der Waals surface area (Å²) in [7, 11) is -7.19. The Morgan fingerprint density at radius 2 is 1.81 bits per heavy atom. The molecule has 0 atom stereocenters. The summed E-state index contributed by atoms with van der Waals surface area (Å²) in [6, 6.07) is -0.00991. The van der Waals surface area contributed by atoms with Crippen LogP contribution < -0.4 is 0 Å². The molecule has 0 saturated heterocycles. The Labute approximate surface area is 105 Å². The lowest BCUT2D eigenvalue weighted by molar-refractivity contribution is 0.229. The molecule has 0 unspecified atom stereocenters. The monoisotopic (exact) mass is 333 g/mol. The van der Waals surface area contributed by atoms with Crippen LogP contribution in [-0.4, -0.2) is 50.4 Å². The van der Waals surface area contributed by atoms with Crippen molar-refractivity contribution in [2.45, 2.75) is 25.3 Å². The normalized spacial score (nSPS) is 18.7. The molecule has 0 aromatic carbocycles. The van der Waals surface area contributed by atoms with Gasteiger partial charge in [-0.1, -0.05) is 22.4 Å². The van der Waals surface area contributed by atoms with Crippen molar-refractivity contribution in [1.29, 1.82) is 0 Å². The highest BCUT2D eigenvalue weighted by Gasteiger charge is 2.35. The molecule has 0 heterocycles. The zero-order valence-electron chi connectivity index (χ0n) is 9.09. The van der Waals surface area contributed by atoms with E-state index < -0.39 is 24.9 Å². The average Bonchev–Trinajstić information content (AvgIpc) is 1.95. The second-order valence-electron chi connectivity index (χ2n) is 4.04. The molecule has 1 aliphatic rings. The first-order valence-electron chi connectivity index (χ1n) is 4.99. The lowest BCUT2D eigenvalue weighted by Gasteiger charge is -2.36. The largest absolute Gasteiger partial charge is 0.228 e. The lowest BCUT2D eigenvalue weighted by atomic mass is 9.93. The van der Waals surface area contributed by atoms with E-state index >= 15 is 0 Å². The Morgan fingerprint density at radius 3 is 2.12 bits per heavy atom. The standard InChI is InChI=1S/C8H16BrNO4S2/c1-15(11,12)7-16(13,14)10(6-5-9)8-3-2-4-8/h8H,2-7H2,1H3. The van der Waals surface area contributed by atoms with E-state index in [-0.39, 0.29) is 6.04 Å². The highest BCUT2D eigenvalue weighted by atomic mass is 79.9. The molecule has 0 amide bonds. The average molecular weight is 334 g/mol. The van der Waals surface area contributed by atoms with E-state index in [0.29, 0.717) is 11.9 Å². The quantitative estimate of drug-likeness (QED) is 0.666. The second-order valence-corrected chi connectivity index (χ2v) is 9.26. The third-order valence-corrected chi connectivity index (χ3v) is 6.96. The van der Waals surface area contributed by atoms with Crippen LogP contribution in [0.1, 0.15) is 19.3 Å². The Kier molecular flexibility index (Phi) is 4.79. The molecule has 0 aliphatic heterocycles. The number of alkyl halides is 1. The molecule has 1 fully saturated rings. The number of sulfonamides is 1. The topological polar surface area (TPSA) is 71.5 Å². The summed E-state index contributed by atoms with van der Waals surface area (Å²) in [6.45, 7) is 0.336. The minimum absolute atomic E-state index is 0.00991. The minimum Gasteiger partial charge on any atom is -0.228 e. The molecule has 1 aliphatic carbocycles. The highest BCUT2D eigenvalue weighted by molar-refractivity contribution is 9.09. The number of sulfone groups is 1. The Bertz CT molecular complexity index is 427.